The van der Waals surface area contributed by atoms with Crippen LogP contribution in [0.5, 0.6) is 0 Å². The third-order valence-corrected chi connectivity index (χ3v) is 4.58. The highest BCUT2D eigenvalue weighted by molar-refractivity contribution is 6.30. The molecule has 1 aliphatic rings. The van der Waals surface area contributed by atoms with E-state index in [4.69, 9.17) is 11.6 Å². The third kappa shape index (κ3) is 3.93. The van der Waals surface area contributed by atoms with Gasteiger partial charge in [0.1, 0.15) is 5.82 Å². The molecule has 2 rings (SSSR count). The maximum atomic E-state index is 13.5. The molecule has 0 amide bonds. The van der Waals surface area contributed by atoms with Crippen LogP contribution in [0.25, 0.3) is 0 Å². The fourth-order valence-corrected chi connectivity index (χ4v) is 2.91. The standard InChI is InChI=1S/C16H23ClFN/c1-11(12-4-5-14(17)15(18)10-12)19-13-6-8-16(2,3)9-7-13/h4-5,10-11,13,19H,6-9H2,1-3H3. The Balaban J connectivity index is 1.94. The molecule has 0 aromatic heterocycles. The summed E-state index contributed by atoms with van der Waals surface area (Å²) in [6, 6.07) is 5.77. The second kappa shape index (κ2) is 5.80. The number of rotatable bonds is 3. The highest BCUT2D eigenvalue weighted by atomic mass is 35.5. The summed E-state index contributed by atoms with van der Waals surface area (Å²) in [5.41, 5.74) is 1.44. The first-order valence-corrected chi connectivity index (χ1v) is 7.46. The number of hydrogen-bond donors (Lipinski definition) is 1. The van der Waals surface area contributed by atoms with Crippen LogP contribution in [0.2, 0.25) is 5.02 Å². The molecule has 1 saturated carbocycles. The van der Waals surface area contributed by atoms with E-state index >= 15 is 0 Å². The highest BCUT2D eigenvalue weighted by Gasteiger charge is 2.27. The molecule has 1 aromatic carbocycles. The van der Waals surface area contributed by atoms with Crippen molar-refractivity contribution in [2.24, 2.45) is 5.41 Å². The second-order valence-electron chi connectivity index (χ2n) is 6.50. The molecule has 1 unspecified atom stereocenters. The van der Waals surface area contributed by atoms with Crippen molar-refractivity contribution < 1.29 is 4.39 Å². The summed E-state index contributed by atoms with van der Waals surface area (Å²) in [5, 5.41) is 3.80. The monoisotopic (exact) mass is 283 g/mol. The molecular weight excluding hydrogens is 261 g/mol. The normalized spacial score (nSPS) is 21.3. The largest absolute Gasteiger partial charge is 0.307 e. The Morgan fingerprint density at radius 3 is 2.53 bits per heavy atom. The molecule has 1 aliphatic carbocycles. The molecule has 1 fully saturated rings. The Morgan fingerprint density at radius 1 is 1.32 bits per heavy atom. The van der Waals surface area contributed by atoms with Gasteiger partial charge in [-0.2, -0.15) is 0 Å². The van der Waals surface area contributed by atoms with Gasteiger partial charge in [0.25, 0.3) is 0 Å². The van der Waals surface area contributed by atoms with Crippen molar-refractivity contribution in [3.63, 3.8) is 0 Å². The maximum Gasteiger partial charge on any atom is 0.142 e. The zero-order valence-corrected chi connectivity index (χ0v) is 12.7. The van der Waals surface area contributed by atoms with Gasteiger partial charge in [0.2, 0.25) is 0 Å². The highest BCUT2D eigenvalue weighted by Crippen LogP contribution is 2.35. The molecule has 0 saturated heterocycles. The average molecular weight is 284 g/mol. The fourth-order valence-electron chi connectivity index (χ4n) is 2.80. The van der Waals surface area contributed by atoms with E-state index in [-0.39, 0.29) is 16.9 Å². The van der Waals surface area contributed by atoms with Crippen LogP contribution in [0.15, 0.2) is 18.2 Å². The minimum absolute atomic E-state index is 0.165. The zero-order valence-electron chi connectivity index (χ0n) is 12.0. The molecule has 3 heteroatoms. The lowest BCUT2D eigenvalue weighted by atomic mass is 9.75. The van der Waals surface area contributed by atoms with Crippen molar-refractivity contribution in [2.75, 3.05) is 0 Å². The predicted molar refractivity (Wildman–Crippen MR) is 79.0 cm³/mol. The molecule has 19 heavy (non-hydrogen) atoms. The maximum absolute atomic E-state index is 13.5. The molecule has 1 N–H and O–H groups in total. The van der Waals surface area contributed by atoms with Crippen molar-refractivity contribution in [3.8, 4) is 0 Å². The number of hydrogen-bond acceptors (Lipinski definition) is 1. The van der Waals surface area contributed by atoms with Gasteiger partial charge in [-0.3, -0.25) is 0 Å². The number of halogens is 2. The van der Waals surface area contributed by atoms with E-state index in [0.29, 0.717) is 11.5 Å². The van der Waals surface area contributed by atoms with Crippen LogP contribution in [-0.4, -0.2) is 6.04 Å². The van der Waals surface area contributed by atoms with E-state index in [0.717, 1.165) is 5.56 Å². The van der Waals surface area contributed by atoms with E-state index in [9.17, 15) is 4.39 Å². The van der Waals surface area contributed by atoms with Crippen LogP contribution in [0.4, 0.5) is 4.39 Å². The molecule has 1 nitrogen and oxygen atoms in total. The van der Waals surface area contributed by atoms with Crippen LogP contribution < -0.4 is 5.32 Å². The SMILES string of the molecule is CC(NC1CCC(C)(C)CC1)c1ccc(Cl)c(F)c1. The van der Waals surface area contributed by atoms with Crippen molar-refractivity contribution in [1.29, 1.82) is 0 Å². The van der Waals surface area contributed by atoms with Crippen LogP contribution >= 0.6 is 11.6 Å². The quantitative estimate of drug-likeness (QED) is 0.814. The van der Waals surface area contributed by atoms with Gasteiger partial charge >= 0.3 is 0 Å². The minimum Gasteiger partial charge on any atom is -0.307 e. The van der Waals surface area contributed by atoms with Crippen LogP contribution in [0.1, 0.15) is 58.1 Å². The minimum atomic E-state index is -0.336. The summed E-state index contributed by atoms with van der Waals surface area (Å²) in [4.78, 5) is 0. The van der Waals surface area contributed by atoms with Gasteiger partial charge in [0.15, 0.2) is 0 Å². The summed E-state index contributed by atoms with van der Waals surface area (Å²) >= 11 is 5.71. The van der Waals surface area contributed by atoms with Gasteiger partial charge in [0.05, 0.1) is 5.02 Å². The van der Waals surface area contributed by atoms with Gasteiger partial charge in [-0.1, -0.05) is 31.5 Å². The lowest BCUT2D eigenvalue weighted by molar-refractivity contribution is 0.200. The van der Waals surface area contributed by atoms with Gasteiger partial charge < -0.3 is 5.32 Å². The molecule has 0 aliphatic heterocycles. The average Bonchev–Trinajstić information content (AvgIpc) is 2.35. The number of benzene rings is 1. The van der Waals surface area contributed by atoms with Crippen LogP contribution in [0, 0.1) is 11.2 Å². The molecule has 0 bridgehead atoms. The predicted octanol–water partition coefficient (Wildman–Crippen LogP) is 5.10. The van der Waals surface area contributed by atoms with Gasteiger partial charge in [-0.15, -0.1) is 0 Å². The van der Waals surface area contributed by atoms with Gasteiger partial charge in [-0.05, 0) is 55.7 Å². The smallest absolute Gasteiger partial charge is 0.142 e. The first-order valence-electron chi connectivity index (χ1n) is 7.08. The molecule has 0 radical (unpaired) electrons. The van der Waals surface area contributed by atoms with E-state index in [1.807, 2.05) is 6.07 Å². The van der Waals surface area contributed by atoms with Crippen molar-refractivity contribution in [3.05, 3.63) is 34.6 Å². The van der Waals surface area contributed by atoms with Crippen molar-refractivity contribution in [2.45, 2.75) is 58.5 Å². The Kier molecular flexibility index (Phi) is 4.52. The Labute approximate surface area is 120 Å². The Bertz CT molecular complexity index is 434. The third-order valence-electron chi connectivity index (χ3n) is 4.27. The number of nitrogens with one attached hydrogen (secondary N) is 1. The van der Waals surface area contributed by atoms with E-state index in [1.54, 1.807) is 6.07 Å². The van der Waals surface area contributed by atoms with Crippen molar-refractivity contribution in [1.82, 2.24) is 5.32 Å². The molecule has 1 atom stereocenters. The van der Waals surface area contributed by atoms with Gasteiger partial charge in [-0.25, -0.2) is 4.39 Å². The topological polar surface area (TPSA) is 12.0 Å². The first kappa shape index (κ1) is 14.8. The summed E-state index contributed by atoms with van der Waals surface area (Å²) in [6.07, 6.45) is 4.92. The van der Waals surface area contributed by atoms with Gasteiger partial charge in [0, 0.05) is 12.1 Å². The summed E-state index contributed by atoms with van der Waals surface area (Å²) in [7, 11) is 0. The molecular formula is C16H23ClFN. The summed E-state index contributed by atoms with van der Waals surface area (Å²) < 4.78 is 13.5. The molecule has 106 valence electrons. The zero-order chi connectivity index (χ0) is 14.0. The first-order chi connectivity index (χ1) is 8.87. The van der Waals surface area contributed by atoms with Crippen LogP contribution in [-0.2, 0) is 0 Å². The fraction of sp³-hybridized carbons (Fsp3) is 0.625. The second-order valence-corrected chi connectivity index (χ2v) is 6.91. The summed E-state index contributed by atoms with van der Waals surface area (Å²) in [6.45, 7) is 6.75. The molecule has 1 aromatic rings. The van der Waals surface area contributed by atoms with E-state index in [2.05, 4.69) is 26.1 Å². The Morgan fingerprint density at radius 2 is 1.95 bits per heavy atom. The molecule has 0 heterocycles. The summed E-state index contributed by atoms with van der Waals surface area (Å²) in [5.74, 6) is -0.336. The lowest BCUT2D eigenvalue weighted by Crippen LogP contribution is -2.37. The lowest BCUT2D eigenvalue weighted by Gasteiger charge is -2.36. The van der Waals surface area contributed by atoms with E-state index < -0.39 is 0 Å². The Hall–Kier alpha value is -0.600. The van der Waals surface area contributed by atoms with Crippen molar-refractivity contribution >= 4 is 11.6 Å². The molecule has 0 spiro atoms. The van der Waals surface area contributed by atoms with E-state index in [1.165, 1.54) is 31.7 Å². The van der Waals surface area contributed by atoms with Crippen LogP contribution in [0.3, 0.4) is 0 Å².